The van der Waals surface area contributed by atoms with Crippen molar-refractivity contribution >= 4 is 24.7 Å². The molecule has 14 heavy (non-hydrogen) atoms. The summed E-state index contributed by atoms with van der Waals surface area (Å²) in [5.74, 6) is 0. The van der Waals surface area contributed by atoms with Gasteiger partial charge in [0.25, 0.3) is 5.56 Å². The summed E-state index contributed by atoms with van der Waals surface area (Å²) in [5, 5.41) is 0. The molecule has 0 saturated carbocycles. The second-order valence-electron chi connectivity index (χ2n) is 2.24. The molecular weight excluding hydrogens is 208 g/mol. The molecule has 0 fully saturated rings. The summed E-state index contributed by atoms with van der Waals surface area (Å²) in [4.78, 5) is 41.0. The van der Waals surface area contributed by atoms with Crippen LogP contribution >= 0.6 is 13.5 Å². The summed E-state index contributed by atoms with van der Waals surface area (Å²) in [6, 6.07) is 0. The van der Waals surface area contributed by atoms with Gasteiger partial charge < -0.3 is 0 Å². The van der Waals surface area contributed by atoms with E-state index in [1.165, 1.54) is 0 Å². The van der Waals surface area contributed by atoms with E-state index in [-0.39, 0.29) is 32.1 Å². The zero-order valence-corrected chi connectivity index (χ0v) is 7.22. The van der Waals surface area contributed by atoms with Crippen LogP contribution in [0.2, 0.25) is 0 Å². The Balaban J connectivity index is 0.000000845. The number of H-pyrrole nitrogens is 4. The molecule has 0 spiro atoms. The minimum absolute atomic E-state index is 0. The highest BCUT2D eigenvalue weighted by molar-refractivity contribution is 7.59. The Bertz CT molecular complexity index is 589. The molecule has 0 amide bonds. The third kappa shape index (κ3) is 1.79. The summed E-state index contributed by atoms with van der Waals surface area (Å²) in [6.45, 7) is 0. The number of imidazole rings is 1. The molecule has 0 atom stereocenters. The number of fused-ring (bicyclic) bond motifs is 1. The monoisotopic (exact) mass is 218 g/mol. The fourth-order valence-electron chi connectivity index (χ4n) is 0.958. The molecule has 4 N–H and O–H groups in total. The molecule has 2 heterocycles. The van der Waals surface area contributed by atoms with E-state index < -0.39 is 16.9 Å². The average molecular weight is 218 g/mol. The van der Waals surface area contributed by atoms with Crippen molar-refractivity contribution in [2.45, 2.75) is 7.43 Å². The highest BCUT2D eigenvalue weighted by atomic mass is 32.1. The van der Waals surface area contributed by atoms with Crippen LogP contribution in [-0.4, -0.2) is 19.9 Å². The van der Waals surface area contributed by atoms with E-state index >= 15 is 0 Å². The second kappa shape index (κ2) is 4.01. The van der Waals surface area contributed by atoms with Gasteiger partial charge in [-0.05, 0) is 0 Å². The topological polar surface area (TPSA) is 114 Å². The molecule has 0 saturated heterocycles. The lowest BCUT2D eigenvalue weighted by Crippen LogP contribution is -2.21. The zero-order chi connectivity index (χ0) is 8.72. The maximum atomic E-state index is 10.9. The summed E-state index contributed by atoms with van der Waals surface area (Å²) in [7, 11) is 0. The first-order chi connectivity index (χ1) is 5.66. The summed E-state index contributed by atoms with van der Waals surface area (Å²) >= 11 is 0. The molecule has 0 aromatic carbocycles. The molecule has 78 valence electrons. The molecule has 0 aliphatic heterocycles. The van der Waals surface area contributed by atoms with Crippen molar-refractivity contribution in [3.8, 4) is 0 Å². The van der Waals surface area contributed by atoms with Crippen LogP contribution in [0.5, 0.6) is 0 Å². The Labute approximate surface area is 84.0 Å². The van der Waals surface area contributed by atoms with Crippen LogP contribution in [0.25, 0.3) is 11.2 Å². The lowest BCUT2D eigenvalue weighted by molar-refractivity contribution is 1.07. The molecule has 7 nitrogen and oxygen atoms in total. The van der Waals surface area contributed by atoms with Gasteiger partial charge in [0.2, 0.25) is 0 Å². The maximum absolute atomic E-state index is 10.9. The van der Waals surface area contributed by atoms with Gasteiger partial charge >= 0.3 is 11.4 Å². The highest BCUT2D eigenvalue weighted by Crippen LogP contribution is 1.88. The van der Waals surface area contributed by atoms with Crippen molar-refractivity contribution in [3.63, 3.8) is 0 Å². The van der Waals surface area contributed by atoms with Gasteiger partial charge in [-0.2, -0.15) is 13.5 Å². The molecular formula is C6H10N4O3S. The first-order valence-electron chi connectivity index (χ1n) is 3.11. The number of hydrogen-bond donors (Lipinski definition) is 4. The van der Waals surface area contributed by atoms with Gasteiger partial charge in [0.05, 0.1) is 0 Å². The van der Waals surface area contributed by atoms with E-state index in [0.29, 0.717) is 0 Å². The van der Waals surface area contributed by atoms with Crippen LogP contribution in [-0.2, 0) is 0 Å². The minimum Gasteiger partial charge on any atom is -0.300 e. The molecule has 0 bridgehead atoms. The van der Waals surface area contributed by atoms with Gasteiger partial charge in [-0.15, -0.1) is 0 Å². The molecule has 0 unspecified atom stereocenters. The Hall–Kier alpha value is -1.70. The minimum atomic E-state index is -0.650. The third-order valence-electron chi connectivity index (χ3n) is 1.42. The third-order valence-corrected chi connectivity index (χ3v) is 1.42. The lowest BCUT2D eigenvalue weighted by atomic mass is 10.5. The Kier molecular flexibility index (Phi) is 3.52. The number of aromatic amines is 4. The van der Waals surface area contributed by atoms with Crippen LogP contribution < -0.4 is 16.9 Å². The Morgan fingerprint density at radius 1 is 0.786 bits per heavy atom. The molecule has 8 heteroatoms. The van der Waals surface area contributed by atoms with E-state index in [0.717, 1.165) is 0 Å². The van der Waals surface area contributed by atoms with Crippen LogP contribution in [0.1, 0.15) is 7.43 Å². The van der Waals surface area contributed by atoms with Crippen LogP contribution in [0.15, 0.2) is 14.4 Å². The fraction of sp³-hybridized carbons (Fsp3) is 0.167. The number of nitrogens with one attached hydrogen (secondary N) is 4. The number of rotatable bonds is 0. The molecule has 2 rings (SSSR count). The summed E-state index contributed by atoms with van der Waals surface area (Å²) in [6.07, 6.45) is 0. The maximum Gasteiger partial charge on any atom is 0.327 e. The number of aromatic nitrogens is 4. The van der Waals surface area contributed by atoms with E-state index in [4.69, 9.17) is 0 Å². The van der Waals surface area contributed by atoms with Gasteiger partial charge in [-0.25, -0.2) is 9.59 Å². The standard InChI is InChI=1S/C5H4N4O3.CH4.H2S/c10-3-1-2(7-4(11)6-1)8-5(12)9-3;;/h(H4,6,7,8,9,10,11,12);1H4;1H2. The molecule has 0 aliphatic rings. The predicted molar refractivity (Wildman–Crippen MR) is 57.3 cm³/mol. The second-order valence-corrected chi connectivity index (χ2v) is 2.24. The van der Waals surface area contributed by atoms with Crippen LogP contribution in [0, 0.1) is 0 Å². The van der Waals surface area contributed by atoms with Gasteiger partial charge in [0, 0.05) is 0 Å². The van der Waals surface area contributed by atoms with Crippen molar-refractivity contribution in [3.05, 3.63) is 31.3 Å². The van der Waals surface area contributed by atoms with E-state index in [1.54, 1.807) is 0 Å². The van der Waals surface area contributed by atoms with E-state index in [9.17, 15) is 14.4 Å². The van der Waals surface area contributed by atoms with Crippen molar-refractivity contribution in [2.75, 3.05) is 0 Å². The van der Waals surface area contributed by atoms with E-state index in [1.807, 2.05) is 4.98 Å². The Morgan fingerprint density at radius 2 is 1.29 bits per heavy atom. The zero-order valence-electron chi connectivity index (χ0n) is 6.22. The predicted octanol–water partition coefficient (Wildman–Crippen LogP) is -1.02. The van der Waals surface area contributed by atoms with Crippen LogP contribution in [0.4, 0.5) is 0 Å². The van der Waals surface area contributed by atoms with Crippen LogP contribution in [0.3, 0.4) is 0 Å². The molecule has 2 aromatic rings. The summed E-state index contributed by atoms with van der Waals surface area (Å²) in [5.41, 5.74) is -1.65. The van der Waals surface area contributed by atoms with Crippen molar-refractivity contribution in [1.82, 2.24) is 19.9 Å². The Morgan fingerprint density at radius 3 is 1.86 bits per heavy atom. The van der Waals surface area contributed by atoms with Gasteiger partial charge in [-0.1, -0.05) is 7.43 Å². The largest absolute Gasteiger partial charge is 0.327 e. The van der Waals surface area contributed by atoms with Crippen molar-refractivity contribution in [1.29, 1.82) is 0 Å². The van der Waals surface area contributed by atoms with Crippen molar-refractivity contribution in [2.24, 2.45) is 0 Å². The molecule has 2 aromatic heterocycles. The van der Waals surface area contributed by atoms with Gasteiger partial charge in [-0.3, -0.25) is 24.7 Å². The van der Waals surface area contributed by atoms with Crippen molar-refractivity contribution < 1.29 is 0 Å². The lowest BCUT2D eigenvalue weighted by Gasteiger charge is -1.83. The highest BCUT2D eigenvalue weighted by Gasteiger charge is 2.02. The summed E-state index contributed by atoms with van der Waals surface area (Å²) < 4.78 is 0. The SMILES string of the molecule is C.O=c1[nH]c(=O)c2[nH]c(=O)[nH]c2[nH]1.S. The number of hydrogen-bond acceptors (Lipinski definition) is 3. The van der Waals surface area contributed by atoms with E-state index in [2.05, 4.69) is 15.0 Å². The smallest absolute Gasteiger partial charge is 0.300 e. The quantitative estimate of drug-likeness (QED) is 0.453. The first kappa shape index (κ1) is 12.3. The first-order valence-corrected chi connectivity index (χ1v) is 3.11. The molecule has 0 aliphatic carbocycles. The normalized spacial score (nSPS) is 9.14. The fourth-order valence-corrected chi connectivity index (χ4v) is 0.958. The molecule has 0 radical (unpaired) electrons. The van der Waals surface area contributed by atoms with Gasteiger partial charge in [0.15, 0.2) is 0 Å². The van der Waals surface area contributed by atoms with Gasteiger partial charge in [0.1, 0.15) is 11.2 Å². The average Bonchev–Trinajstić information content (AvgIpc) is 2.29.